The van der Waals surface area contributed by atoms with E-state index in [2.05, 4.69) is 19.0 Å². The molecular weight excluding hydrogens is 298 g/mol. The van der Waals surface area contributed by atoms with Gasteiger partial charge in [-0.1, -0.05) is 19.4 Å². The monoisotopic (exact) mass is 329 g/mol. The Labute approximate surface area is 145 Å². The van der Waals surface area contributed by atoms with Crippen LogP contribution in [-0.2, 0) is 4.79 Å². The van der Waals surface area contributed by atoms with Gasteiger partial charge in [0, 0.05) is 12.6 Å². The number of nitrogens with zero attached hydrogens (tertiary/aromatic N) is 1. The molecule has 3 nitrogen and oxygen atoms in total. The number of carbonyl (C=O) groups excluding carboxylic acids is 1. The number of fused-ring (bicyclic) bond motifs is 5. The van der Waals surface area contributed by atoms with Crippen LogP contribution < -0.4 is 0 Å². The average Bonchev–Trinajstić information content (AvgIpc) is 2.90. The van der Waals surface area contributed by atoms with Gasteiger partial charge in [-0.05, 0) is 91.9 Å². The zero-order chi connectivity index (χ0) is 16.9. The van der Waals surface area contributed by atoms with Crippen LogP contribution in [0.4, 0.5) is 0 Å². The summed E-state index contributed by atoms with van der Waals surface area (Å²) in [5, 5.41) is 12.1. The summed E-state index contributed by atoms with van der Waals surface area (Å²) in [5.41, 5.74) is 2.17. The molecule has 0 spiro atoms. The quantitative estimate of drug-likeness (QED) is 0.441. The first-order valence-corrected chi connectivity index (χ1v) is 9.89. The van der Waals surface area contributed by atoms with Crippen LogP contribution in [0.3, 0.4) is 0 Å². The highest BCUT2D eigenvalue weighted by Gasteiger charge is 2.58. The van der Waals surface area contributed by atoms with E-state index in [0.29, 0.717) is 17.1 Å². The van der Waals surface area contributed by atoms with Crippen LogP contribution >= 0.6 is 0 Å². The van der Waals surface area contributed by atoms with E-state index < -0.39 is 0 Å². The fourth-order valence-corrected chi connectivity index (χ4v) is 7.23. The second-order valence-corrected chi connectivity index (χ2v) is 9.32. The molecule has 0 aromatic rings. The van der Waals surface area contributed by atoms with Crippen molar-refractivity contribution < 1.29 is 10.0 Å². The Balaban J connectivity index is 1.61. The summed E-state index contributed by atoms with van der Waals surface area (Å²) in [6, 6.07) is 0. The summed E-state index contributed by atoms with van der Waals surface area (Å²) in [4.78, 5) is 11.9. The highest BCUT2D eigenvalue weighted by atomic mass is 16.4. The maximum absolute atomic E-state index is 11.9. The van der Waals surface area contributed by atoms with Crippen LogP contribution in [0.5, 0.6) is 0 Å². The van der Waals surface area contributed by atoms with Crippen LogP contribution in [0, 0.1) is 34.5 Å². The summed E-state index contributed by atoms with van der Waals surface area (Å²) in [5.74, 6) is 3.45. The molecule has 6 atom stereocenters. The van der Waals surface area contributed by atoms with Crippen LogP contribution in [0.25, 0.3) is 0 Å². The van der Waals surface area contributed by atoms with Crippen LogP contribution in [0.1, 0.15) is 71.6 Å². The fourth-order valence-electron chi connectivity index (χ4n) is 7.23. The van der Waals surface area contributed by atoms with E-state index >= 15 is 0 Å². The Bertz CT molecular complexity index is 595. The molecule has 1 N–H and O–H groups in total. The molecule has 3 heteroatoms. The third-order valence-electron chi connectivity index (χ3n) is 8.63. The lowest BCUT2D eigenvalue weighted by molar-refractivity contribution is -0.117. The molecule has 0 aromatic heterocycles. The van der Waals surface area contributed by atoms with E-state index in [4.69, 9.17) is 5.21 Å². The third-order valence-corrected chi connectivity index (χ3v) is 8.63. The zero-order valence-corrected chi connectivity index (χ0v) is 15.1. The lowest BCUT2D eigenvalue weighted by Gasteiger charge is -2.58. The minimum Gasteiger partial charge on any atom is -0.411 e. The molecule has 4 aliphatic rings. The van der Waals surface area contributed by atoms with Crippen molar-refractivity contribution in [3.05, 3.63) is 11.6 Å². The molecule has 24 heavy (non-hydrogen) atoms. The normalized spacial score (nSPS) is 47.9. The molecule has 0 bridgehead atoms. The molecule has 3 saturated carbocycles. The Morgan fingerprint density at radius 3 is 2.79 bits per heavy atom. The van der Waals surface area contributed by atoms with Gasteiger partial charge in [0.25, 0.3) is 0 Å². The van der Waals surface area contributed by atoms with E-state index in [9.17, 15) is 4.79 Å². The summed E-state index contributed by atoms with van der Waals surface area (Å²) >= 11 is 0. The van der Waals surface area contributed by atoms with Crippen LogP contribution in [-0.4, -0.2) is 17.2 Å². The van der Waals surface area contributed by atoms with Gasteiger partial charge in [0.1, 0.15) is 0 Å². The molecule has 0 aliphatic heterocycles. The highest BCUT2D eigenvalue weighted by molar-refractivity contribution is 5.91. The minimum atomic E-state index is 0.281. The highest BCUT2D eigenvalue weighted by Crippen LogP contribution is 2.66. The molecule has 0 amide bonds. The molecule has 0 unspecified atom stereocenters. The smallest absolute Gasteiger partial charge is 0.155 e. The van der Waals surface area contributed by atoms with Crippen molar-refractivity contribution in [2.45, 2.75) is 71.6 Å². The van der Waals surface area contributed by atoms with Crippen molar-refractivity contribution in [3.63, 3.8) is 0 Å². The van der Waals surface area contributed by atoms with Crippen molar-refractivity contribution in [2.24, 2.45) is 39.7 Å². The van der Waals surface area contributed by atoms with Gasteiger partial charge in [-0.2, -0.15) is 0 Å². The first kappa shape index (κ1) is 16.4. The molecular formula is C21H31NO2. The van der Waals surface area contributed by atoms with Crippen LogP contribution in [0.15, 0.2) is 16.8 Å². The first-order valence-electron chi connectivity index (χ1n) is 9.89. The lowest BCUT2D eigenvalue weighted by atomic mass is 9.47. The maximum Gasteiger partial charge on any atom is 0.155 e. The van der Waals surface area contributed by atoms with Gasteiger partial charge in [0.05, 0.1) is 0 Å². The molecule has 0 saturated heterocycles. The number of allylic oxidation sites excluding steroid dienone is 1. The molecule has 0 heterocycles. The summed E-state index contributed by atoms with van der Waals surface area (Å²) < 4.78 is 0. The number of hydrogen-bond acceptors (Lipinski definition) is 3. The van der Waals surface area contributed by atoms with Crippen molar-refractivity contribution >= 4 is 12.0 Å². The van der Waals surface area contributed by atoms with Crippen molar-refractivity contribution in [1.82, 2.24) is 0 Å². The Morgan fingerprint density at radius 2 is 2.00 bits per heavy atom. The van der Waals surface area contributed by atoms with Crippen LogP contribution in [0.2, 0.25) is 0 Å². The Hall–Kier alpha value is -1.12. The molecule has 4 rings (SSSR count). The molecule has 0 aromatic carbocycles. The van der Waals surface area contributed by atoms with Crippen molar-refractivity contribution in [2.75, 3.05) is 0 Å². The number of rotatable bonds is 2. The SMILES string of the molecule is C[C@]12CC[C@H]3[C@@H](CCC4=CC(=O)CC[C@@]43C)[C@@H]1CC[C@@H]2C/C=N\O. The summed E-state index contributed by atoms with van der Waals surface area (Å²) in [6.45, 7) is 4.96. The molecule has 132 valence electrons. The largest absolute Gasteiger partial charge is 0.411 e. The van der Waals surface area contributed by atoms with Gasteiger partial charge < -0.3 is 5.21 Å². The van der Waals surface area contributed by atoms with Crippen molar-refractivity contribution in [3.8, 4) is 0 Å². The Morgan fingerprint density at radius 1 is 1.17 bits per heavy atom. The fraction of sp³-hybridized carbons (Fsp3) is 0.810. The van der Waals surface area contributed by atoms with Gasteiger partial charge in [-0.15, -0.1) is 5.16 Å². The summed E-state index contributed by atoms with van der Waals surface area (Å²) in [7, 11) is 0. The van der Waals surface area contributed by atoms with E-state index in [-0.39, 0.29) is 5.41 Å². The second kappa shape index (κ2) is 5.71. The zero-order valence-electron chi connectivity index (χ0n) is 15.1. The molecule has 3 fully saturated rings. The van der Waals surface area contributed by atoms with Gasteiger partial charge >= 0.3 is 0 Å². The van der Waals surface area contributed by atoms with Gasteiger partial charge in [-0.25, -0.2) is 0 Å². The predicted octanol–water partition coefficient (Wildman–Crippen LogP) is 4.98. The maximum atomic E-state index is 11.9. The number of carbonyl (C=O) groups is 1. The van der Waals surface area contributed by atoms with Gasteiger partial charge in [0.15, 0.2) is 5.78 Å². The van der Waals surface area contributed by atoms with E-state index in [1.54, 1.807) is 6.21 Å². The van der Waals surface area contributed by atoms with Gasteiger partial charge in [-0.3, -0.25) is 4.79 Å². The topological polar surface area (TPSA) is 49.7 Å². The molecule has 4 aliphatic carbocycles. The summed E-state index contributed by atoms with van der Waals surface area (Å²) in [6.07, 6.45) is 14.1. The Kier molecular flexibility index (Phi) is 3.89. The van der Waals surface area contributed by atoms with E-state index in [1.807, 2.05) is 6.08 Å². The van der Waals surface area contributed by atoms with Crippen molar-refractivity contribution in [1.29, 1.82) is 0 Å². The standard InChI is InChI=1S/C21H31NO2/c1-20-11-8-19-17(18(20)6-4-14(20)9-12-22-24)5-3-15-13-16(23)7-10-21(15,19)2/h12-14,17-19,24H,3-11H2,1-2H3/b22-12-/t14-,17+,18+,19+,20-,21+/m1/s1. The minimum absolute atomic E-state index is 0.281. The van der Waals surface area contributed by atoms with E-state index in [1.165, 1.54) is 37.7 Å². The second-order valence-electron chi connectivity index (χ2n) is 9.32. The molecule has 0 radical (unpaired) electrons. The number of oxime groups is 1. The average molecular weight is 329 g/mol. The van der Waals surface area contributed by atoms with E-state index in [0.717, 1.165) is 43.4 Å². The lowest BCUT2D eigenvalue weighted by Crippen LogP contribution is -2.50. The predicted molar refractivity (Wildman–Crippen MR) is 95.1 cm³/mol. The first-order chi connectivity index (χ1) is 11.5. The van der Waals surface area contributed by atoms with Gasteiger partial charge in [0.2, 0.25) is 0 Å². The number of ketones is 1. The number of hydrogen-bond donors (Lipinski definition) is 1. The third kappa shape index (κ3) is 2.23.